The number of esters is 1. The molecule has 0 fully saturated rings. The molecule has 0 aromatic rings. The van der Waals surface area contributed by atoms with Crippen molar-refractivity contribution in [1.29, 1.82) is 0 Å². The number of carbonyl (C=O) groups is 2. The molecule has 8 heteroatoms. The Morgan fingerprint density at radius 2 is 1.14 bits per heavy atom. The molecule has 0 aromatic heterocycles. The van der Waals surface area contributed by atoms with E-state index in [2.05, 4.69) is 9.47 Å². The van der Waals surface area contributed by atoms with Crippen LogP contribution in [0, 0.1) is 0 Å². The summed E-state index contributed by atoms with van der Waals surface area (Å²) >= 11 is 0. The Hall–Kier alpha value is -1.15. The van der Waals surface area contributed by atoms with Gasteiger partial charge in [0.05, 0.1) is 19.5 Å². The molecule has 0 rings (SSSR count). The lowest BCUT2D eigenvalue weighted by Gasteiger charge is -2.04. The fourth-order valence-corrected chi connectivity index (χ4v) is 3.24. The van der Waals surface area contributed by atoms with Crippen molar-refractivity contribution in [2.45, 2.75) is 96.8 Å². The quantitative estimate of drug-likeness (QED) is 0.131. The smallest absolute Gasteiger partial charge is 0.434 e. The van der Waals surface area contributed by atoms with Gasteiger partial charge in [-0.2, -0.15) is 8.42 Å². The first-order valence-electron chi connectivity index (χ1n) is 10.6. The van der Waals surface area contributed by atoms with E-state index in [0.29, 0.717) is 6.61 Å². The molecule has 0 saturated heterocycles. The van der Waals surface area contributed by atoms with E-state index in [1.165, 1.54) is 44.9 Å². The number of unbranched alkanes of at least 4 members (excludes halogenated alkanes) is 12. The Labute approximate surface area is 170 Å². The summed E-state index contributed by atoms with van der Waals surface area (Å²) in [4.78, 5) is 22.3. The Kier molecular flexibility index (Phi) is 17.2. The van der Waals surface area contributed by atoms with Gasteiger partial charge in [0.2, 0.25) is 0 Å². The number of carbonyl (C=O) groups excluding carboxylic acids is 2. The number of ether oxygens (including phenoxy) is 2. The lowest BCUT2D eigenvalue weighted by molar-refractivity contribution is -0.139. The maximum absolute atomic E-state index is 11.3. The molecule has 0 unspecified atom stereocenters. The van der Waals surface area contributed by atoms with Gasteiger partial charge >= 0.3 is 12.1 Å². The number of hydrogen-bond donors (Lipinski definition) is 0. The van der Waals surface area contributed by atoms with E-state index >= 15 is 0 Å². The van der Waals surface area contributed by atoms with Crippen molar-refractivity contribution >= 4 is 22.2 Å². The topological polar surface area (TPSA) is 96.0 Å². The minimum atomic E-state index is -3.29. The normalized spacial score (nSPS) is 11.4. The predicted octanol–water partition coefficient (Wildman–Crippen LogP) is 5.12. The second kappa shape index (κ2) is 17.9. The maximum atomic E-state index is 11.3. The van der Waals surface area contributed by atoms with Crippen LogP contribution in [0.15, 0.2) is 0 Å². The van der Waals surface area contributed by atoms with Crippen LogP contribution in [0.2, 0.25) is 0 Å². The van der Waals surface area contributed by atoms with Crippen LogP contribution in [-0.2, 0) is 28.6 Å². The summed E-state index contributed by atoms with van der Waals surface area (Å²) in [6.07, 6.45) is 14.8. The molecule has 7 nitrogen and oxygen atoms in total. The largest absolute Gasteiger partial charge is 0.516 e. The van der Waals surface area contributed by atoms with E-state index in [-0.39, 0.29) is 13.0 Å². The molecule has 166 valence electrons. The van der Waals surface area contributed by atoms with Crippen LogP contribution in [0.4, 0.5) is 4.79 Å². The zero-order valence-electron chi connectivity index (χ0n) is 17.6. The zero-order chi connectivity index (χ0) is 21.1. The van der Waals surface area contributed by atoms with Crippen molar-refractivity contribution in [2.75, 3.05) is 19.5 Å². The number of rotatable bonds is 18. The Morgan fingerprint density at radius 3 is 1.57 bits per heavy atom. The van der Waals surface area contributed by atoms with Crippen LogP contribution in [-0.4, -0.2) is 40.0 Å². The molecule has 0 saturated carbocycles. The average molecular weight is 423 g/mol. The summed E-state index contributed by atoms with van der Waals surface area (Å²) in [6, 6.07) is 0. The van der Waals surface area contributed by atoms with E-state index < -0.39 is 22.2 Å². The average Bonchev–Trinajstić information content (AvgIpc) is 2.60. The van der Waals surface area contributed by atoms with E-state index in [9.17, 15) is 18.0 Å². The third kappa shape index (κ3) is 21.2. The summed E-state index contributed by atoms with van der Waals surface area (Å²) in [7, 11) is -3.29. The van der Waals surface area contributed by atoms with Gasteiger partial charge in [-0.05, 0) is 19.8 Å². The van der Waals surface area contributed by atoms with Crippen molar-refractivity contribution < 1.29 is 31.7 Å². The molecule has 0 N–H and O–H groups in total. The fourth-order valence-electron chi connectivity index (χ4n) is 2.82. The van der Waals surface area contributed by atoms with Gasteiger partial charge in [-0.25, -0.2) is 4.79 Å². The molecule has 0 bridgehead atoms. The lowest BCUT2D eigenvalue weighted by atomic mass is 10.0. The van der Waals surface area contributed by atoms with Gasteiger partial charge in [0.1, 0.15) is 0 Å². The van der Waals surface area contributed by atoms with Gasteiger partial charge in [0.25, 0.3) is 10.1 Å². The molecule has 0 radical (unpaired) electrons. The minimum Gasteiger partial charge on any atom is -0.434 e. The molecule has 0 heterocycles. The van der Waals surface area contributed by atoms with Crippen molar-refractivity contribution in [3.63, 3.8) is 0 Å². The molecule has 0 atom stereocenters. The van der Waals surface area contributed by atoms with E-state index in [0.717, 1.165) is 44.8 Å². The second-order valence-electron chi connectivity index (χ2n) is 7.03. The molecule has 0 amide bonds. The van der Waals surface area contributed by atoms with Gasteiger partial charge in [0.15, 0.2) is 0 Å². The monoisotopic (exact) mass is 422 g/mol. The highest BCUT2D eigenvalue weighted by atomic mass is 32.2. The third-order valence-corrected chi connectivity index (χ3v) is 4.88. The summed E-state index contributed by atoms with van der Waals surface area (Å²) in [5.74, 6) is -0.513. The summed E-state index contributed by atoms with van der Waals surface area (Å²) in [6.45, 7) is 2.16. The molecule has 0 aromatic carbocycles. The van der Waals surface area contributed by atoms with Gasteiger partial charge in [-0.3, -0.25) is 8.98 Å². The standard InChI is InChI=1S/C20H38O7S/c1-3-25-20(22)27-19(21)17-15-13-11-9-7-5-4-6-8-10-12-14-16-18-26-28(2,23)24/h3-18H2,1-2H3. The molecular formula is C20H38O7S. The SMILES string of the molecule is CCOC(=O)OC(=O)CCCCCCCCCCCCCCCOS(C)(=O)=O. The summed E-state index contributed by atoms with van der Waals surface area (Å²) in [5, 5.41) is 0. The summed E-state index contributed by atoms with van der Waals surface area (Å²) in [5.41, 5.74) is 0. The molecule has 28 heavy (non-hydrogen) atoms. The Balaban J connectivity index is 3.22. The van der Waals surface area contributed by atoms with Gasteiger partial charge in [-0.15, -0.1) is 0 Å². The van der Waals surface area contributed by atoms with Crippen molar-refractivity contribution in [1.82, 2.24) is 0 Å². The molecule has 0 aliphatic rings. The third-order valence-electron chi connectivity index (χ3n) is 4.28. The molecule has 0 spiro atoms. The maximum Gasteiger partial charge on any atom is 0.516 e. The summed E-state index contributed by atoms with van der Waals surface area (Å²) < 4.78 is 35.3. The fraction of sp³-hybridized carbons (Fsp3) is 0.900. The van der Waals surface area contributed by atoms with Crippen LogP contribution < -0.4 is 0 Å². The van der Waals surface area contributed by atoms with Crippen molar-refractivity contribution in [3.05, 3.63) is 0 Å². The molecular weight excluding hydrogens is 384 g/mol. The minimum absolute atomic E-state index is 0.203. The first-order valence-corrected chi connectivity index (χ1v) is 12.4. The zero-order valence-corrected chi connectivity index (χ0v) is 18.4. The van der Waals surface area contributed by atoms with Gasteiger partial charge < -0.3 is 9.47 Å². The first-order chi connectivity index (χ1) is 13.3. The van der Waals surface area contributed by atoms with Crippen LogP contribution in [0.3, 0.4) is 0 Å². The molecule has 0 aliphatic heterocycles. The van der Waals surface area contributed by atoms with Gasteiger partial charge in [0, 0.05) is 6.42 Å². The molecule has 0 aliphatic carbocycles. The second-order valence-corrected chi connectivity index (χ2v) is 8.67. The highest BCUT2D eigenvalue weighted by Crippen LogP contribution is 2.13. The van der Waals surface area contributed by atoms with Crippen molar-refractivity contribution in [3.8, 4) is 0 Å². The highest BCUT2D eigenvalue weighted by Gasteiger charge is 2.10. The number of hydrogen-bond acceptors (Lipinski definition) is 7. The first kappa shape index (κ1) is 26.9. The van der Waals surface area contributed by atoms with Crippen LogP contribution >= 0.6 is 0 Å². The van der Waals surface area contributed by atoms with E-state index in [1.54, 1.807) is 6.92 Å². The predicted molar refractivity (Wildman–Crippen MR) is 109 cm³/mol. The van der Waals surface area contributed by atoms with Crippen LogP contribution in [0.25, 0.3) is 0 Å². The highest BCUT2D eigenvalue weighted by molar-refractivity contribution is 7.85. The lowest BCUT2D eigenvalue weighted by Crippen LogP contribution is -2.13. The Morgan fingerprint density at radius 1 is 0.714 bits per heavy atom. The van der Waals surface area contributed by atoms with E-state index in [4.69, 9.17) is 4.18 Å². The van der Waals surface area contributed by atoms with Gasteiger partial charge in [-0.1, -0.05) is 70.6 Å². The van der Waals surface area contributed by atoms with E-state index in [1.807, 2.05) is 0 Å². The van der Waals surface area contributed by atoms with Crippen molar-refractivity contribution in [2.24, 2.45) is 0 Å². The van der Waals surface area contributed by atoms with Crippen LogP contribution in [0.1, 0.15) is 96.8 Å². The van der Waals surface area contributed by atoms with Crippen LogP contribution in [0.5, 0.6) is 0 Å². The Bertz CT molecular complexity index is 503.